The van der Waals surface area contributed by atoms with Crippen molar-refractivity contribution in [2.24, 2.45) is 0 Å². The van der Waals surface area contributed by atoms with Crippen molar-refractivity contribution < 1.29 is 14.7 Å². The Morgan fingerprint density at radius 1 is 1.45 bits per heavy atom. The second-order valence-corrected chi connectivity index (χ2v) is 5.12. The number of likely N-dealkylation sites (tertiary alicyclic amines) is 1. The zero-order valence-corrected chi connectivity index (χ0v) is 11.5. The van der Waals surface area contributed by atoms with E-state index in [9.17, 15) is 9.59 Å². The molecule has 2 N–H and O–H groups in total. The molecule has 1 amide bonds. The molecule has 6 heteroatoms. The van der Waals surface area contributed by atoms with E-state index < -0.39 is 5.97 Å². The Morgan fingerprint density at radius 3 is 2.80 bits per heavy atom. The highest BCUT2D eigenvalue weighted by Crippen LogP contribution is 2.08. The molecule has 0 bridgehead atoms. The maximum Gasteiger partial charge on any atom is 0.354 e. The topological polar surface area (TPSA) is 82.5 Å². The molecule has 1 atom stereocenters. The van der Waals surface area contributed by atoms with Crippen LogP contribution in [0.5, 0.6) is 0 Å². The molecule has 20 heavy (non-hydrogen) atoms. The number of hydrogen-bond acceptors (Lipinski definition) is 4. The lowest BCUT2D eigenvalue weighted by molar-refractivity contribution is 0.0690. The van der Waals surface area contributed by atoms with E-state index >= 15 is 0 Å². The summed E-state index contributed by atoms with van der Waals surface area (Å²) in [6.07, 6.45) is 3.77. The molecule has 0 spiro atoms. The molecular formula is C14H19N3O3. The van der Waals surface area contributed by atoms with Crippen LogP contribution in [-0.2, 0) is 0 Å². The van der Waals surface area contributed by atoms with E-state index in [1.165, 1.54) is 31.2 Å². The van der Waals surface area contributed by atoms with Gasteiger partial charge in [-0.25, -0.2) is 9.78 Å². The fraction of sp³-hybridized carbons (Fsp3) is 0.500. The summed E-state index contributed by atoms with van der Waals surface area (Å²) < 4.78 is 0. The highest BCUT2D eigenvalue weighted by atomic mass is 16.4. The molecular weight excluding hydrogens is 258 g/mol. The number of pyridine rings is 1. The number of carbonyl (C=O) groups is 2. The summed E-state index contributed by atoms with van der Waals surface area (Å²) >= 11 is 0. The van der Waals surface area contributed by atoms with Gasteiger partial charge in [0.05, 0.1) is 0 Å². The predicted molar refractivity (Wildman–Crippen MR) is 73.8 cm³/mol. The van der Waals surface area contributed by atoms with E-state index in [1.807, 2.05) is 6.92 Å². The van der Waals surface area contributed by atoms with Crippen molar-refractivity contribution in [2.75, 3.05) is 19.6 Å². The first-order chi connectivity index (χ1) is 9.56. The second kappa shape index (κ2) is 6.47. The molecule has 1 aromatic heterocycles. The molecule has 2 heterocycles. The molecule has 1 aliphatic heterocycles. The summed E-state index contributed by atoms with van der Waals surface area (Å²) in [5.74, 6) is -1.40. The van der Waals surface area contributed by atoms with Crippen LogP contribution in [0.2, 0.25) is 0 Å². The van der Waals surface area contributed by atoms with Crippen molar-refractivity contribution in [3.05, 3.63) is 29.6 Å². The number of nitrogens with zero attached hydrogens (tertiary/aromatic N) is 2. The molecule has 1 unspecified atom stereocenters. The summed E-state index contributed by atoms with van der Waals surface area (Å²) in [5.41, 5.74) is 0.204. The van der Waals surface area contributed by atoms with Crippen molar-refractivity contribution in [3.8, 4) is 0 Å². The lowest BCUT2D eigenvalue weighted by atomic mass is 10.2. The van der Waals surface area contributed by atoms with Gasteiger partial charge in [0, 0.05) is 24.3 Å². The SMILES string of the molecule is CC(CN1CCCC1)NC(=O)c1ccnc(C(=O)O)c1. The van der Waals surface area contributed by atoms with Crippen LogP contribution in [0.15, 0.2) is 18.3 Å². The fourth-order valence-corrected chi connectivity index (χ4v) is 2.39. The number of aromatic nitrogens is 1. The minimum atomic E-state index is -1.13. The van der Waals surface area contributed by atoms with Crippen LogP contribution >= 0.6 is 0 Å². The Labute approximate surface area is 117 Å². The third-order valence-corrected chi connectivity index (χ3v) is 3.35. The van der Waals surface area contributed by atoms with Crippen molar-refractivity contribution in [3.63, 3.8) is 0 Å². The molecule has 108 valence electrons. The molecule has 1 aliphatic rings. The largest absolute Gasteiger partial charge is 0.477 e. The normalized spacial score (nSPS) is 16.9. The Morgan fingerprint density at radius 2 is 2.15 bits per heavy atom. The standard InChI is InChI=1S/C14H19N3O3/c1-10(9-17-6-2-3-7-17)16-13(18)11-4-5-15-12(8-11)14(19)20/h4-5,8,10H,2-3,6-7,9H2,1H3,(H,16,18)(H,19,20). The van der Waals surface area contributed by atoms with Crippen molar-refractivity contribution >= 4 is 11.9 Å². The summed E-state index contributed by atoms with van der Waals surface area (Å²) in [5, 5.41) is 11.7. The average molecular weight is 277 g/mol. The first kappa shape index (κ1) is 14.5. The minimum Gasteiger partial charge on any atom is -0.477 e. The van der Waals surface area contributed by atoms with E-state index in [4.69, 9.17) is 5.11 Å². The number of amides is 1. The molecule has 0 aromatic carbocycles. The van der Waals surface area contributed by atoms with Gasteiger partial charge in [0.25, 0.3) is 5.91 Å². The summed E-state index contributed by atoms with van der Waals surface area (Å²) in [6.45, 7) is 4.94. The van der Waals surface area contributed by atoms with Crippen LogP contribution in [0.25, 0.3) is 0 Å². The van der Waals surface area contributed by atoms with Gasteiger partial charge in [-0.3, -0.25) is 4.79 Å². The Balaban J connectivity index is 1.93. The maximum atomic E-state index is 12.1. The van der Waals surface area contributed by atoms with Gasteiger partial charge in [-0.1, -0.05) is 0 Å². The maximum absolute atomic E-state index is 12.1. The van der Waals surface area contributed by atoms with Gasteiger partial charge in [-0.2, -0.15) is 0 Å². The van der Waals surface area contributed by atoms with Gasteiger partial charge in [-0.05, 0) is 45.0 Å². The summed E-state index contributed by atoms with van der Waals surface area (Å²) in [6, 6.07) is 2.84. The van der Waals surface area contributed by atoms with Crippen LogP contribution in [0, 0.1) is 0 Å². The van der Waals surface area contributed by atoms with Crippen molar-refractivity contribution in [2.45, 2.75) is 25.8 Å². The number of nitrogens with one attached hydrogen (secondary N) is 1. The van der Waals surface area contributed by atoms with Crippen molar-refractivity contribution in [1.82, 2.24) is 15.2 Å². The van der Waals surface area contributed by atoms with E-state index in [0.29, 0.717) is 5.56 Å². The van der Waals surface area contributed by atoms with Gasteiger partial charge < -0.3 is 15.3 Å². The molecule has 1 saturated heterocycles. The minimum absolute atomic E-state index is 0.0297. The van der Waals surface area contributed by atoms with Crippen LogP contribution in [0.3, 0.4) is 0 Å². The first-order valence-corrected chi connectivity index (χ1v) is 6.79. The zero-order chi connectivity index (χ0) is 14.5. The Kier molecular flexibility index (Phi) is 4.68. The monoisotopic (exact) mass is 277 g/mol. The van der Waals surface area contributed by atoms with Gasteiger partial charge in [0.15, 0.2) is 0 Å². The van der Waals surface area contributed by atoms with E-state index in [1.54, 1.807) is 0 Å². The highest BCUT2D eigenvalue weighted by molar-refractivity contribution is 5.96. The zero-order valence-electron chi connectivity index (χ0n) is 11.5. The molecule has 2 rings (SSSR count). The van der Waals surface area contributed by atoms with Gasteiger partial charge >= 0.3 is 5.97 Å². The third-order valence-electron chi connectivity index (χ3n) is 3.35. The lowest BCUT2D eigenvalue weighted by Gasteiger charge is -2.21. The van der Waals surface area contributed by atoms with E-state index in [-0.39, 0.29) is 17.6 Å². The summed E-state index contributed by atoms with van der Waals surface area (Å²) in [4.78, 5) is 28.9. The van der Waals surface area contributed by atoms with Crippen molar-refractivity contribution in [1.29, 1.82) is 0 Å². The van der Waals surface area contributed by atoms with Gasteiger partial charge in [0.1, 0.15) is 5.69 Å². The predicted octanol–water partition coefficient (Wildman–Crippen LogP) is 0.994. The van der Waals surface area contributed by atoms with Crippen LogP contribution in [-0.4, -0.2) is 52.5 Å². The van der Waals surface area contributed by atoms with Crippen LogP contribution in [0.4, 0.5) is 0 Å². The van der Waals surface area contributed by atoms with E-state index in [0.717, 1.165) is 19.6 Å². The molecule has 0 saturated carbocycles. The van der Waals surface area contributed by atoms with E-state index in [2.05, 4.69) is 15.2 Å². The van der Waals surface area contributed by atoms with Crippen LogP contribution in [0.1, 0.15) is 40.6 Å². The molecule has 1 aromatic rings. The van der Waals surface area contributed by atoms with Crippen LogP contribution < -0.4 is 5.32 Å². The first-order valence-electron chi connectivity index (χ1n) is 6.79. The number of carboxylic acids is 1. The summed E-state index contributed by atoms with van der Waals surface area (Å²) in [7, 11) is 0. The third kappa shape index (κ3) is 3.77. The number of carbonyl (C=O) groups excluding carboxylic acids is 1. The fourth-order valence-electron chi connectivity index (χ4n) is 2.39. The lowest BCUT2D eigenvalue weighted by Crippen LogP contribution is -2.41. The number of rotatable bonds is 5. The number of hydrogen-bond donors (Lipinski definition) is 2. The molecule has 0 aliphatic carbocycles. The molecule has 0 radical (unpaired) electrons. The smallest absolute Gasteiger partial charge is 0.354 e. The Hall–Kier alpha value is -1.95. The highest BCUT2D eigenvalue weighted by Gasteiger charge is 2.17. The van der Waals surface area contributed by atoms with Gasteiger partial charge in [0.2, 0.25) is 0 Å². The molecule has 1 fully saturated rings. The average Bonchev–Trinajstić information content (AvgIpc) is 2.91. The van der Waals surface area contributed by atoms with Gasteiger partial charge in [-0.15, -0.1) is 0 Å². The number of aromatic carboxylic acids is 1. The Bertz CT molecular complexity index is 498. The quantitative estimate of drug-likeness (QED) is 0.839. The molecule has 6 nitrogen and oxygen atoms in total. The second-order valence-electron chi connectivity index (χ2n) is 5.12. The number of carboxylic acid groups (broad SMARTS) is 1.